The standard InChI is InChI=1S/C16H27FN2/c1-4-6-10-19(13(3)5-2)12-15-9-7-8-14(11-18)16(15)17/h7-9,13H,4-6,10-12,18H2,1-3H3. The first-order valence-corrected chi connectivity index (χ1v) is 7.34. The van der Waals surface area contributed by atoms with Crippen molar-refractivity contribution in [1.82, 2.24) is 4.90 Å². The van der Waals surface area contributed by atoms with Crippen LogP contribution in [0.25, 0.3) is 0 Å². The summed E-state index contributed by atoms with van der Waals surface area (Å²) in [6, 6.07) is 6.01. The van der Waals surface area contributed by atoms with Crippen LogP contribution in [0.4, 0.5) is 4.39 Å². The van der Waals surface area contributed by atoms with Crippen molar-refractivity contribution >= 4 is 0 Å². The number of halogens is 1. The summed E-state index contributed by atoms with van der Waals surface area (Å²) in [5.41, 5.74) is 6.93. The molecule has 0 saturated heterocycles. The van der Waals surface area contributed by atoms with Gasteiger partial charge in [0.2, 0.25) is 0 Å². The third-order valence-corrected chi connectivity index (χ3v) is 3.77. The minimum absolute atomic E-state index is 0.130. The van der Waals surface area contributed by atoms with E-state index in [4.69, 9.17) is 5.73 Å². The Bertz CT molecular complexity index is 379. The van der Waals surface area contributed by atoms with Gasteiger partial charge in [0.25, 0.3) is 0 Å². The zero-order valence-corrected chi connectivity index (χ0v) is 12.5. The molecule has 108 valence electrons. The highest BCUT2D eigenvalue weighted by atomic mass is 19.1. The van der Waals surface area contributed by atoms with E-state index in [-0.39, 0.29) is 12.4 Å². The molecule has 0 amide bonds. The summed E-state index contributed by atoms with van der Waals surface area (Å²) in [5.74, 6) is -0.130. The number of nitrogens with two attached hydrogens (primary N) is 1. The van der Waals surface area contributed by atoms with Gasteiger partial charge in [-0.2, -0.15) is 0 Å². The van der Waals surface area contributed by atoms with Crippen LogP contribution in [0.5, 0.6) is 0 Å². The lowest BCUT2D eigenvalue weighted by atomic mass is 10.1. The fourth-order valence-corrected chi connectivity index (χ4v) is 2.21. The van der Waals surface area contributed by atoms with Gasteiger partial charge >= 0.3 is 0 Å². The predicted octanol–water partition coefficient (Wildman–Crippen LogP) is 3.69. The summed E-state index contributed by atoms with van der Waals surface area (Å²) >= 11 is 0. The van der Waals surface area contributed by atoms with Crippen molar-refractivity contribution in [2.24, 2.45) is 5.73 Å². The lowest BCUT2D eigenvalue weighted by Gasteiger charge is -2.28. The van der Waals surface area contributed by atoms with Crippen molar-refractivity contribution in [3.05, 3.63) is 35.1 Å². The maximum Gasteiger partial charge on any atom is 0.132 e. The Kier molecular flexibility index (Phi) is 7.03. The number of rotatable bonds is 8. The smallest absolute Gasteiger partial charge is 0.132 e. The van der Waals surface area contributed by atoms with Crippen LogP contribution in [0, 0.1) is 5.82 Å². The van der Waals surface area contributed by atoms with E-state index in [0.717, 1.165) is 31.4 Å². The molecular formula is C16H27FN2. The Morgan fingerprint density at radius 2 is 1.95 bits per heavy atom. The zero-order valence-electron chi connectivity index (χ0n) is 12.5. The molecule has 1 aromatic rings. The van der Waals surface area contributed by atoms with E-state index in [0.29, 0.717) is 18.2 Å². The first-order valence-electron chi connectivity index (χ1n) is 7.34. The van der Waals surface area contributed by atoms with Crippen molar-refractivity contribution < 1.29 is 4.39 Å². The fraction of sp³-hybridized carbons (Fsp3) is 0.625. The summed E-state index contributed by atoms with van der Waals surface area (Å²) in [6.07, 6.45) is 3.41. The van der Waals surface area contributed by atoms with E-state index in [2.05, 4.69) is 25.7 Å². The van der Waals surface area contributed by atoms with Crippen molar-refractivity contribution in [3.63, 3.8) is 0 Å². The Labute approximate surface area is 116 Å². The van der Waals surface area contributed by atoms with Crippen LogP contribution < -0.4 is 5.73 Å². The van der Waals surface area contributed by atoms with Gasteiger partial charge in [-0.25, -0.2) is 4.39 Å². The van der Waals surface area contributed by atoms with Gasteiger partial charge in [-0.3, -0.25) is 4.90 Å². The van der Waals surface area contributed by atoms with E-state index in [1.54, 1.807) is 6.07 Å². The molecule has 0 bridgehead atoms. The van der Waals surface area contributed by atoms with Crippen molar-refractivity contribution in [3.8, 4) is 0 Å². The molecule has 0 saturated carbocycles. The van der Waals surface area contributed by atoms with Gasteiger partial charge in [-0.15, -0.1) is 0 Å². The predicted molar refractivity (Wildman–Crippen MR) is 79.4 cm³/mol. The molecule has 1 atom stereocenters. The maximum atomic E-state index is 14.2. The molecule has 2 nitrogen and oxygen atoms in total. The molecule has 0 aromatic heterocycles. The summed E-state index contributed by atoms with van der Waals surface area (Å²) in [4.78, 5) is 2.36. The van der Waals surface area contributed by atoms with Gasteiger partial charge < -0.3 is 5.73 Å². The van der Waals surface area contributed by atoms with E-state index in [1.807, 2.05) is 12.1 Å². The lowest BCUT2D eigenvalue weighted by molar-refractivity contribution is 0.190. The van der Waals surface area contributed by atoms with Gasteiger partial charge in [0.15, 0.2) is 0 Å². The molecule has 0 spiro atoms. The Balaban J connectivity index is 2.83. The van der Waals surface area contributed by atoms with Gasteiger partial charge in [-0.1, -0.05) is 38.5 Å². The van der Waals surface area contributed by atoms with Gasteiger partial charge in [0.05, 0.1) is 0 Å². The molecule has 3 heteroatoms. The average molecular weight is 266 g/mol. The second-order valence-corrected chi connectivity index (χ2v) is 5.18. The molecule has 0 radical (unpaired) electrons. The van der Waals surface area contributed by atoms with Crippen LogP contribution in [-0.2, 0) is 13.1 Å². The maximum absolute atomic E-state index is 14.2. The molecule has 0 fully saturated rings. The van der Waals surface area contributed by atoms with Crippen LogP contribution in [-0.4, -0.2) is 17.5 Å². The Hall–Kier alpha value is -0.930. The zero-order chi connectivity index (χ0) is 14.3. The molecule has 0 heterocycles. The number of benzene rings is 1. The highest BCUT2D eigenvalue weighted by Gasteiger charge is 2.15. The molecule has 1 unspecified atom stereocenters. The van der Waals surface area contributed by atoms with Crippen molar-refractivity contribution in [2.45, 2.75) is 59.2 Å². The highest BCUT2D eigenvalue weighted by molar-refractivity contribution is 5.25. The number of nitrogens with zero attached hydrogens (tertiary/aromatic N) is 1. The van der Waals surface area contributed by atoms with E-state index in [1.165, 1.54) is 0 Å². The Morgan fingerprint density at radius 3 is 2.53 bits per heavy atom. The largest absolute Gasteiger partial charge is 0.326 e. The van der Waals surface area contributed by atoms with Gasteiger partial charge in [-0.05, 0) is 26.3 Å². The summed E-state index contributed by atoms with van der Waals surface area (Å²) < 4.78 is 14.2. The molecule has 19 heavy (non-hydrogen) atoms. The number of hydrogen-bond acceptors (Lipinski definition) is 2. The quantitative estimate of drug-likeness (QED) is 0.777. The average Bonchev–Trinajstić information content (AvgIpc) is 2.44. The molecule has 2 N–H and O–H groups in total. The van der Waals surface area contributed by atoms with E-state index >= 15 is 0 Å². The minimum atomic E-state index is -0.130. The minimum Gasteiger partial charge on any atom is -0.326 e. The monoisotopic (exact) mass is 266 g/mol. The van der Waals surface area contributed by atoms with E-state index < -0.39 is 0 Å². The highest BCUT2D eigenvalue weighted by Crippen LogP contribution is 2.17. The topological polar surface area (TPSA) is 29.3 Å². The fourth-order valence-electron chi connectivity index (χ4n) is 2.21. The van der Waals surface area contributed by atoms with Gasteiger partial charge in [0, 0.05) is 30.3 Å². The van der Waals surface area contributed by atoms with Crippen LogP contribution in [0.15, 0.2) is 18.2 Å². The lowest BCUT2D eigenvalue weighted by Crippen LogP contribution is -2.33. The molecular weight excluding hydrogens is 239 g/mol. The second-order valence-electron chi connectivity index (χ2n) is 5.18. The van der Waals surface area contributed by atoms with Crippen LogP contribution in [0.3, 0.4) is 0 Å². The summed E-state index contributed by atoms with van der Waals surface area (Å²) in [5, 5.41) is 0. The molecule has 0 aliphatic rings. The molecule has 1 rings (SSSR count). The SMILES string of the molecule is CCCCN(Cc1cccc(CN)c1F)C(C)CC. The van der Waals surface area contributed by atoms with Crippen molar-refractivity contribution in [1.29, 1.82) is 0 Å². The first kappa shape index (κ1) is 16.1. The molecule has 0 aliphatic heterocycles. The third kappa shape index (κ3) is 4.59. The molecule has 0 aliphatic carbocycles. The van der Waals surface area contributed by atoms with Crippen LogP contribution >= 0.6 is 0 Å². The first-order chi connectivity index (χ1) is 9.13. The van der Waals surface area contributed by atoms with Crippen LogP contribution in [0.1, 0.15) is 51.2 Å². The molecule has 1 aromatic carbocycles. The van der Waals surface area contributed by atoms with Crippen molar-refractivity contribution in [2.75, 3.05) is 6.54 Å². The summed E-state index contributed by atoms with van der Waals surface area (Å²) in [6.45, 7) is 8.53. The normalized spacial score (nSPS) is 12.9. The number of unbranched alkanes of at least 4 members (excludes halogenated alkanes) is 1. The second kappa shape index (κ2) is 8.28. The number of hydrogen-bond donors (Lipinski definition) is 1. The van der Waals surface area contributed by atoms with Gasteiger partial charge in [0.1, 0.15) is 5.82 Å². The Morgan fingerprint density at radius 1 is 1.26 bits per heavy atom. The third-order valence-electron chi connectivity index (χ3n) is 3.77. The van der Waals surface area contributed by atoms with E-state index in [9.17, 15) is 4.39 Å². The summed E-state index contributed by atoms with van der Waals surface area (Å²) in [7, 11) is 0. The van der Waals surface area contributed by atoms with Crippen LogP contribution in [0.2, 0.25) is 0 Å².